The van der Waals surface area contributed by atoms with Crippen molar-refractivity contribution in [3.05, 3.63) is 36.5 Å². The fourth-order valence-corrected chi connectivity index (χ4v) is 2.86. The van der Waals surface area contributed by atoms with Crippen molar-refractivity contribution in [2.75, 3.05) is 11.9 Å². The van der Waals surface area contributed by atoms with Gasteiger partial charge in [0.05, 0.1) is 11.2 Å². The summed E-state index contributed by atoms with van der Waals surface area (Å²) >= 11 is 0. The van der Waals surface area contributed by atoms with Gasteiger partial charge in [0, 0.05) is 11.9 Å². The Labute approximate surface area is 124 Å². The van der Waals surface area contributed by atoms with E-state index in [1.54, 1.807) is 6.20 Å². The lowest BCUT2D eigenvalue weighted by molar-refractivity contribution is -0.122. The van der Waals surface area contributed by atoms with E-state index in [0.29, 0.717) is 0 Å². The Morgan fingerprint density at radius 1 is 1.33 bits per heavy atom. The van der Waals surface area contributed by atoms with Crippen LogP contribution < -0.4 is 10.6 Å². The van der Waals surface area contributed by atoms with Crippen LogP contribution in [0.5, 0.6) is 0 Å². The topological polar surface area (TPSA) is 69.8 Å². The summed E-state index contributed by atoms with van der Waals surface area (Å²) in [5.74, 6) is 0.0665. The second-order valence-corrected chi connectivity index (χ2v) is 5.47. The molecule has 0 bridgehead atoms. The van der Waals surface area contributed by atoms with Crippen LogP contribution >= 0.6 is 0 Å². The highest BCUT2D eigenvalue weighted by Crippen LogP contribution is 2.25. The number of carbonyl (C=O) groups excluding carboxylic acids is 1. The lowest BCUT2D eigenvalue weighted by Gasteiger charge is -2.26. The van der Waals surface area contributed by atoms with Crippen molar-refractivity contribution in [1.29, 1.82) is 0 Å². The van der Waals surface area contributed by atoms with Crippen molar-refractivity contribution in [2.24, 2.45) is 0 Å². The molecule has 1 aliphatic heterocycles. The third kappa shape index (κ3) is 2.69. The number of amides is 1. The van der Waals surface area contributed by atoms with Crippen LogP contribution in [0.2, 0.25) is 0 Å². The van der Waals surface area contributed by atoms with Gasteiger partial charge in [-0.3, -0.25) is 9.89 Å². The van der Waals surface area contributed by atoms with Crippen LogP contribution in [0.15, 0.2) is 36.5 Å². The van der Waals surface area contributed by atoms with Crippen molar-refractivity contribution >= 4 is 11.6 Å². The van der Waals surface area contributed by atoms with Crippen LogP contribution in [0.3, 0.4) is 0 Å². The number of hydrogen-bond donors (Lipinski definition) is 3. The van der Waals surface area contributed by atoms with E-state index in [9.17, 15) is 4.79 Å². The van der Waals surface area contributed by atoms with Gasteiger partial charge in [0.25, 0.3) is 0 Å². The minimum absolute atomic E-state index is 0.0665. The minimum atomic E-state index is -0.401. The number of hydrogen-bond acceptors (Lipinski definition) is 3. The first-order chi connectivity index (χ1) is 10.2. The van der Waals surface area contributed by atoms with Crippen LogP contribution in [-0.4, -0.2) is 28.2 Å². The molecule has 0 radical (unpaired) electrons. The number of rotatable bonds is 4. The van der Waals surface area contributed by atoms with Crippen molar-refractivity contribution < 1.29 is 4.79 Å². The van der Waals surface area contributed by atoms with Crippen molar-refractivity contribution in [2.45, 2.75) is 31.7 Å². The Morgan fingerprint density at radius 3 is 2.71 bits per heavy atom. The highest BCUT2D eigenvalue weighted by Gasteiger charge is 2.38. The number of nitrogens with one attached hydrogen (secondary N) is 3. The second-order valence-electron chi connectivity index (χ2n) is 5.47. The number of carbonyl (C=O) groups is 1. The van der Waals surface area contributed by atoms with Gasteiger partial charge in [0.1, 0.15) is 0 Å². The summed E-state index contributed by atoms with van der Waals surface area (Å²) in [6.45, 7) is 2.97. The lowest BCUT2D eigenvalue weighted by Crippen LogP contribution is -2.50. The summed E-state index contributed by atoms with van der Waals surface area (Å²) in [5.41, 5.74) is 2.44. The Balaban J connectivity index is 1.72. The van der Waals surface area contributed by atoms with Crippen LogP contribution in [-0.2, 0) is 4.79 Å². The zero-order valence-electron chi connectivity index (χ0n) is 12.1. The number of aromatic amines is 1. The Kier molecular flexibility index (Phi) is 3.75. The quantitative estimate of drug-likeness (QED) is 0.808. The first-order valence-electron chi connectivity index (χ1n) is 7.40. The van der Waals surface area contributed by atoms with Gasteiger partial charge in [-0.15, -0.1) is 0 Å². The number of H-pyrrole nitrogens is 1. The molecule has 1 aromatic heterocycles. The molecule has 2 heterocycles. The number of benzene rings is 1. The largest absolute Gasteiger partial charge is 0.324 e. The monoisotopic (exact) mass is 284 g/mol. The van der Waals surface area contributed by atoms with Gasteiger partial charge in [0.15, 0.2) is 0 Å². The average molecular weight is 284 g/mol. The summed E-state index contributed by atoms with van der Waals surface area (Å²) in [6, 6.07) is 9.72. The Bertz CT molecular complexity index is 598. The summed E-state index contributed by atoms with van der Waals surface area (Å²) in [4.78, 5) is 12.5. The molecule has 1 atom stereocenters. The first kappa shape index (κ1) is 13.8. The van der Waals surface area contributed by atoms with Crippen LogP contribution in [0.1, 0.15) is 26.2 Å². The highest BCUT2D eigenvalue weighted by molar-refractivity contribution is 5.98. The normalized spacial score (nSPS) is 21.4. The molecule has 0 aliphatic carbocycles. The van der Waals surface area contributed by atoms with Crippen molar-refractivity contribution in [3.8, 4) is 11.3 Å². The third-order valence-corrected chi connectivity index (χ3v) is 4.24. The standard InChI is InChI=1S/C16H20N4O/c1-2-16(9-3-10-17-16)15(21)19-13-6-4-12(5-7-13)14-8-11-18-20-14/h4-8,11,17H,2-3,9-10H2,1H3,(H,18,20)(H,19,21). The van der Waals surface area contributed by atoms with Gasteiger partial charge in [0.2, 0.25) is 5.91 Å². The minimum Gasteiger partial charge on any atom is -0.324 e. The molecule has 3 rings (SSSR count). The van der Waals surface area contributed by atoms with Gasteiger partial charge in [-0.05, 0) is 49.6 Å². The zero-order valence-corrected chi connectivity index (χ0v) is 12.1. The molecule has 1 saturated heterocycles. The molecule has 21 heavy (non-hydrogen) atoms. The smallest absolute Gasteiger partial charge is 0.244 e. The molecule has 1 aromatic carbocycles. The molecule has 1 unspecified atom stereocenters. The predicted octanol–water partition coefficient (Wildman–Crippen LogP) is 2.55. The SMILES string of the molecule is CCC1(C(=O)Nc2ccc(-c3ccn[nH]3)cc2)CCCN1. The maximum Gasteiger partial charge on any atom is 0.244 e. The molecule has 110 valence electrons. The summed E-state index contributed by atoms with van der Waals surface area (Å²) in [7, 11) is 0. The molecule has 1 aliphatic rings. The third-order valence-electron chi connectivity index (χ3n) is 4.24. The maximum absolute atomic E-state index is 12.5. The molecule has 0 saturated carbocycles. The van der Waals surface area contributed by atoms with E-state index < -0.39 is 5.54 Å². The summed E-state index contributed by atoms with van der Waals surface area (Å²) in [5, 5.41) is 13.2. The molecule has 5 nitrogen and oxygen atoms in total. The highest BCUT2D eigenvalue weighted by atomic mass is 16.2. The molecule has 2 aromatic rings. The number of nitrogens with zero attached hydrogens (tertiary/aromatic N) is 1. The van der Waals surface area contributed by atoms with Gasteiger partial charge < -0.3 is 10.6 Å². The van der Waals surface area contributed by atoms with Gasteiger partial charge in [-0.2, -0.15) is 5.10 Å². The molecule has 0 spiro atoms. The van der Waals surface area contributed by atoms with E-state index in [2.05, 4.69) is 27.8 Å². The van der Waals surface area contributed by atoms with E-state index in [4.69, 9.17) is 0 Å². The van der Waals surface area contributed by atoms with Gasteiger partial charge >= 0.3 is 0 Å². The van der Waals surface area contributed by atoms with Crippen LogP contribution in [0.4, 0.5) is 5.69 Å². The van der Waals surface area contributed by atoms with Gasteiger partial charge in [-0.25, -0.2) is 0 Å². The van der Waals surface area contributed by atoms with E-state index in [1.807, 2.05) is 30.3 Å². The second kappa shape index (κ2) is 5.69. The van der Waals surface area contributed by atoms with Crippen molar-refractivity contribution in [3.63, 3.8) is 0 Å². The zero-order chi connectivity index (χ0) is 14.7. The number of aromatic nitrogens is 2. The van der Waals surface area contributed by atoms with E-state index in [0.717, 1.165) is 42.8 Å². The molecule has 5 heteroatoms. The molecule has 3 N–H and O–H groups in total. The summed E-state index contributed by atoms with van der Waals surface area (Å²) < 4.78 is 0. The Hall–Kier alpha value is -2.14. The summed E-state index contributed by atoms with van der Waals surface area (Å²) in [6.07, 6.45) is 4.49. The molecular weight excluding hydrogens is 264 g/mol. The van der Waals surface area contributed by atoms with E-state index in [1.165, 1.54) is 0 Å². The van der Waals surface area contributed by atoms with Crippen molar-refractivity contribution in [1.82, 2.24) is 15.5 Å². The molecule has 1 fully saturated rings. The van der Waals surface area contributed by atoms with Gasteiger partial charge in [-0.1, -0.05) is 19.1 Å². The van der Waals surface area contributed by atoms with Crippen LogP contribution in [0.25, 0.3) is 11.3 Å². The average Bonchev–Trinajstić information content (AvgIpc) is 3.20. The van der Waals surface area contributed by atoms with E-state index in [-0.39, 0.29) is 5.91 Å². The van der Waals surface area contributed by atoms with Crippen LogP contribution in [0, 0.1) is 0 Å². The maximum atomic E-state index is 12.5. The number of anilines is 1. The first-order valence-corrected chi connectivity index (χ1v) is 7.40. The molecular formula is C16H20N4O. The fraction of sp³-hybridized carbons (Fsp3) is 0.375. The fourth-order valence-electron chi connectivity index (χ4n) is 2.86. The van der Waals surface area contributed by atoms with E-state index >= 15 is 0 Å². The Morgan fingerprint density at radius 2 is 2.14 bits per heavy atom. The predicted molar refractivity (Wildman–Crippen MR) is 82.9 cm³/mol. The lowest BCUT2D eigenvalue weighted by atomic mass is 9.93. The molecule has 1 amide bonds.